The lowest BCUT2D eigenvalue weighted by Gasteiger charge is -2.69. The topological polar surface area (TPSA) is 448 Å². The molecule has 9 atom stereocenters. The minimum atomic E-state index is -1.93. The number of urea groups is 1. The molecular weight excluding hydrogens is 1530 g/mol. The molecule has 0 spiro atoms. The summed E-state index contributed by atoms with van der Waals surface area (Å²) >= 11 is 1.39. The van der Waals surface area contributed by atoms with Gasteiger partial charge < -0.3 is 81.3 Å². The normalized spacial score (nSPS) is 23.6. The monoisotopic (exact) mass is 1630 g/mol. The molecule has 7 aromatic rings. The molecule has 12 N–H and O–H groups in total. The van der Waals surface area contributed by atoms with Gasteiger partial charge in [0.05, 0.1) is 28.6 Å². The van der Waals surface area contributed by atoms with E-state index < -0.39 is 96.1 Å². The SMILES string of the molecule is Cc1c(-c2ccc(N3CCc4cccc(C(=O)Nc5nc6ccccc6s5)c4C3)nc2C(=O)O)cnn1CC12CC3(C)CC(C)(C1)CC(OCCN(Cc1ccc(O[C@@H]4O[C@H](C(=O)O)[C@@H](O)[C@H](O)[C@H]4O)cc1)C(=O)OCc1ccc(NC(=O)[C@H](CCCNC(N)=O)NC(=O)[C@@H](NC(=O)CCCCCN4C(=O)C=CC4=O)C(C)C)cc1)(C3)C2. The summed E-state index contributed by atoms with van der Waals surface area (Å²) in [6.07, 6.45) is 1.67. The number of nitrogens with zero attached hydrogens (tertiary/aromatic N) is 7. The number of unbranched alkanes of at least 4 members (excludes halogenated alkanes) is 2. The molecule has 32 nitrogen and oxygen atoms in total. The Bertz CT molecular complexity index is 4890. The molecule has 3 aliphatic heterocycles. The van der Waals surface area contributed by atoms with Gasteiger partial charge in [-0.05, 0) is 177 Å². The maximum absolute atomic E-state index is 14.6. The zero-order chi connectivity index (χ0) is 83.3. The van der Waals surface area contributed by atoms with Gasteiger partial charge in [-0.3, -0.25) is 43.7 Å². The number of aromatic nitrogens is 4. The molecule has 0 radical (unpaired) electrons. The first-order valence-corrected chi connectivity index (χ1v) is 40.3. The van der Waals surface area contributed by atoms with E-state index in [4.69, 9.17) is 34.8 Å². The Morgan fingerprint density at radius 3 is 2.19 bits per heavy atom. The summed E-state index contributed by atoms with van der Waals surface area (Å²) in [7, 11) is 0. The first-order chi connectivity index (χ1) is 55.8. The molecule has 33 heteroatoms. The van der Waals surface area contributed by atoms with E-state index >= 15 is 0 Å². The predicted octanol–water partition coefficient (Wildman–Crippen LogP) is 8.12. The Kier molecular flexibility index (Phi) is 25.3. The molecule has 4 aliphatic carbocycles. The third kappa shape index (κ3) is 19.6. The van der Waals surface area contributed by atoms with E-state index in [1.165, 1.54) is 40.5 Å². The molecule has 7 aliphatic rings. The zero-order valence-corrected chi connectivity index (χ0v) is 66.6. The standard InChI is InChI=1S/C84H99N13O19S/c1-48(2)66(92-63(98)18-7-6-10-33-96-64(99)29-30-65(96)100)74(106)89-60(16-12-32-86-78(85)111)73(105)88-53-23-19-51(20-24-53)40-113-80(112)95(38-50-21-25-54(26-22-50)115-77-70(103)68(101)69(102)71(116-77)76(109)110)35-36-114-84-44-81(4)41-82(5,45-84)43-83(42-81,46-84)47-97-49(3)57(37-87-97)55-27-28-62(91-67(55)75(107)108)94-34-31-52-13-11-14-56(58(52)39-94)72(104)93-79-90-59-15-8-9-17-61(59)117-79/h8-9,11,13-15,17,19-30,37,48,60,66,68-71,77,101-103H,6-7,10,12,16,18,31-36,38-47H2,1-5H3,(H,88,105)(H,89,106)(H,92,98)(H,107,108)(H,109,110)(H3,85,86,111)(H,90,93,104)/t60-,66-,68-,69-,70+,71-,77+,81?,82?,83?,84?/m0/s1. The van der Waals surface area contributed by atoms with Crippen molar-refractivity contribution >= 4 is 97.7 Å². The van der Waals surface area contributed by atoms with Crippen LogP contribution < -0.4 is 42.0 Å². The average Bonchev–Trinajstić information content (AvgIpc) is 1.69. The molecule has 4 aromatic carbocycles. The molecule has 1 saturated heterocycles. The Morgan fingerprint density at radius 1 is 0.761 bits per heavy atom. The van der Waals surface area contributed by atoms with Gasteiger partial charge in [0.15, 0.2) is 16.9 Å². The number of pyridine rings is 1. The van der Waals surface area contributed by atoms with Gasteiger partial charge >= 0.3 is 24.1 Å². The van der Waals surface area contributed by atoms with Crippen LogP contribution in [0.4, 0.5) is 26.2 Å². The van der Waals surface area contributed by atoms with E-state index in [1.807, 2.05) is 59.0 Å². The van der Waals surface area contributed by atoms with Crippen LogP contribution in [0.15, 0.2) is 121 Å². The Labute approximate surface area is 678 Å². The lowest BCUT2D eigenvalue weighted by Crippen LogP contribution is -2.64. The van der Waals surface area contributed by atoms with Crippen molar-refractivity contribution in [1.82, 2.24) is 45.5 Å². The number of para-hydroxylation sites is 1. The zero-order valence-electron chi connectivity index (χ0n) is 65.8. The quantitative estimate of drug-likeness (QED) is 0.0134. The van der Waals surface area contributed by atoms with Crippen LogP contribution in [0.25, 0.3) is 21.3 Å². The molecule has 9 amide bonds. The lowest BCUT2D eigenvalue weighted by molar-refractivity contribution is -0.271. The van der Waals surface area contributed by atoms with Crippen molar-refractivity contribution in [2.45, 2.75) is 193 Å². The van der Waals surface area contributed by atoms with Gasteiger partial charge in [-0.15, -0.1) is 0 Å². The van der Waals surface area contributed by atoms with Gasteiger partial charge in [0.1, 0.15) is 48.6 Å². The number of aromatic carboxylic acids is 1. The average molecular weight is 1630 g/mol. The lowest BCUT2D eigenvalue weighted by atomic mass is 9.39. The Morgan fingerprint density at radius 2 is 1.49 bits per heavy atom. The molecule has 4 saturated carbocycles. The number of carbonyl (C=O) groups excluding carboxylic acids is 8. The smallest absolute Gasteiger partial charge is 0.410 e. The summed E-state index contributed by atoms with van der Waals surface area (Å²) in [5.74, 6) is -5.28. The van der Waals surface area contributed by atoms with Crippen molar-refractivity contribution in [3.05, 3.63) is 161 Å². The molecule has 5 fully saturated rings. The molecule has 117 heavy (non-hydrogen) atoms. The number of nitrogens with two attached hydrogens (primary N) is 1. The fourth-order valence-corrected chi connectivity index (χ4v) is 19.4. The largest absolute Gasteiger partial charge is 0.479 e. The Balaban J connectivity index is 0.668. The Hall–Kier alpha value is -11.2. The first-order valence-electron chi connectivity index (χ1n) is 39.4. The minimum Gasteiger partial charge on any atom is -0.479 e. The second-order valence-corrected chi connectivity index (χ2v) is 33.9. The van der Waals surface area contributed by atoms with Gasteiger partial charge in [-0.2, -0.15) is 5.10 Å². The van der Waals surface area contributed by atoms with Gasteiger partial charge in [0, 0.05) is 92.5 Å². The number of thiazole rings is 1. The maximum atomic E-state index is 14.6. The molecule has 2 unspecified atom stereocenters. The fraction of sp³-hybridized carbons (Fsp3) is 0.464. The fourth-order valence-electron chi connectivity index (χ4n) is 18.6. The number of fused-ring (bicyclic) bond motifs is 2. The molecule has 4 bridgehead atoms. The van der Waals surface area contributed by atoms with E-state index in [1.54, 1.807) is 68.6 Å². The number of imide groups is 1. The van der Waals surface area contributed by atoms with E-state index in [2.05, 4.69) is 45.4 Å². The van der Waals surface area contributed by atoms with Crippen molar-refractivity contribution in [1.29, 1.82) is 0 Å². The van der Waals surface area contributed by atoms with Crippen LogP contribution in [0.1, 0.15) is 154 Å². The number of rotatable bonds is 34. The number of carboxylic acid groups (broad SMARTS) is 2. The highest BCUT2D eigenvalue weighted by Crippen LogP contribution is 2.72. The summed E-state index contributed by atoms with van der Waals surface area (Å²) in [5.41, 5.74) is 10.4. The van der Waals surface area contributed by atoms with E-state index in [0.29, 0.717) is 96.2 Å². The van der Waals surface area contributed by atoms with Crippen molar-refractivity contribution in [2.75, 3.05) is 48.3 Å². The second kappa shape index (κ2) is 35.3. The maximum Gasteiger partial charge on any atom is 0.410 e. The van der Waals surface area contributed by atoms with Crippen LogP contribution in [0, 0.1) is 29.1 Å². The number of nitrogens with one attached hydrogen (secondary N) is 5. The van der Waals surface area contributed by atoms with Gasteiger partial charge in [0.2, 0.25) is 24.0 Å². The summed E-state index contributed by atoms with van der Waals surface area (Å²) in [6, 6.07) is 26.8. The van der Waals surface area contributed by atoms with Crippen molar-refractivity contribution in [3.8, 4) is 16.9 Å². The van der Waals surface area contributed by atoms with E-state index in [-0.39, 0.29) is 104 Å². The second-order valence-electron chi connectivity index (χ2n) is 32.9. The highest BCUT2D eigenvalue weighted by Gasteiger charge is 2.66. The van der Waals surface area contributed by atoms with Crippen molar-refractivity contribution < 1.29 is 92.4 Å². The number of ether oxygens (including phenoxy) is 4. The number of aliphatic hydroxyl groups excluding tert-OH is 3. The van der Waals surface area contributed by atoms with Crippen molar-refractivity contribution in [2.24, 2.45) is 27.9 Å². The van der Waals surface area contributed by atoms with Gasteiger partial charge in [0.25, 0.3) is 17.7 Å². The third-order valence-electron chi connectivity index (χ3n) is 23.0. The van der Waals surface area contributed by atoms with Gasteiger partial charge in [-0.1, -0.05) is 94.0 Å². The van der Waals surface area contributed by atoms with E-state index in [9.17, 15) is 73.5 Å². The summed E-state index contributed by atoms with van der Waals surface area (Å²) in [5, 5.41) is 71.3. The first kappa shape index (κ1) is 83.7. The van der Waals surface area contributed by atoms with Crippen LogP contribution in [0.2, 0.25) is 0 Å². The highest BCUT2D eigenvalue weighted by atomic mass is 32.1. The molecule has 14 rings (SSSR count). The van der Waals surface area contributed by atoms with Crippen LogP contribution in [-0.4, -0.2) is 196 Å². The van der Waals surface area contributed by atoms with Crippen molar-refractivity contribution in [3.63, 3.8) is 0 Å². The molecule has 6 heterocycles. The third-order valence-corrected chi connectivity index (χ3v) is 23.9. The number of amides is 9. The number of hydrogen-bond donors (Lipinski definition) is 11. The van der Waals surface area contributed by atoms with E-state index in [0.717, 1.165) is 64.0 Å². The number of aliphatic hydroxyl groups is 3. The van der Waals surface area contributed by atoms with Gasteiger partial charge in [-0.25, -0.2) is 29.1 Å². The number of carboxylic acids is 2. The summed E-state index contributed by atoms with van der Waals surface area (Å²) in [4.78, 5) is 144. The molecule has 620 valence electrons. The number of carbonyl (C=O) groups is 10. The number of benzene rings is 4. The molecular formula is C84H99N13O19S. The van der Waals surface area contributed by atoms with Crippen LogP contribution in [0.3, 0.4) is 0 Å². The van der Waals surface area contributed by atoms with Crippen LogP contribution >= 0.6 is 11.3 Å². The highest BCUT2D eigenvalue weighted by molar-refractivity contribution is 7.22. The number of hydrogen-bond acceptors (Lipinski definition) is 22. The molecule has 3 aromatic heterocycles. The summed E-state index contributed by atoms with van der Waals surface area (Å²) < 4.78 is 27.3. The minimum absolute atomic E-state index is 0.00836. The summed E-state index contributed by atoms with van der Waals surface area (Å²) in [6.45, 7) is 11.7. The number of aliphatic carboxylic acids is 1. The van der Waals surface area contributed by atoms with Crippen LogP contribution in [-0.2, 0) is 75.6 Å². The van der Waals surface area contributed by atoms with Crippen LogP contribution in [0.5, 0.6) is 5.75 Å². The number of primary amides is 1. The predicted molar refractivity (Wildman–Crippen MR) is 428 cm³/mol. The number of anilines is 3.